The van der Waals surface area contributed by atoms with Crippen molar-refractivity contribution in [3.05, 3.63) is 39.6 Å². The Kier molecular flexibility index (Phi) is 4.64. The third kappa shape index (κ3) is 3.83. The molecule has 0 atom stereocenters. The number of H-pyrrole nitrogens is 1. The summed E-state index contributed by atoms with van der Waals surface area (Å²) in [6.45, 7) is 1.01. The molecule has 0 aliphatic rings. The van der Waals surface area contributed by atoms with Crippen molar-refractivity contribution in [1.82, 2.24) is 25.1 Å². The molecule has 0 bridgehead atoms. The summed E-state index contributed by atoms with van der Waals surface area (Å²) in [5, 5.41) is 5.32. The molecule has 1 amide bonds. The number of nitrogens with zero attached hydrogens (tertiary/aromatic N) is 3. The van der Waals surface area contributed by atoms with Crippen LogP contribution < -0.4 is 10.9 Å². The second-order valence-corrected chi connectivity index (χ2v) is 5.15. The molecule has 2 aromatic rings. The van der Waals surface area contributed by atoms with E-state index in [1.165, 1.54) is 18.3 Å². The summed E-state index contributed by atoms with van der Waals surface area (Å²) < 4.78 is 63.1. The van der Waals surface area contributed by atoms with Crippen molar-refractivity contribution in [2.24, 2.45) is 0 Å². The van der Waals surface area contributed by atoms with E-state index in [-0.39, 0.29) is 17.2 Å². The zero-order valence-corrected chi connectivity index (χ0v) is 12.9. The van der Waals surface area contributed by atoms with Gasteiger partial charge in [-0.2, -0.15) is 27.1 Å². The van der Waals surface area contributed by atoms with E-state index >= 15 is 0 Å². The smallest absolute Gasteiger partial charge is 0.345 e. The maximum Gasteiger partial charge on any atom is 0.455 e. The van der Waals surface area contributed by atoms with Gasteiger partial charge in [-0.15, -0.1) is 0 Å². The zero-order valence-electron chi connectivity index (χ0n) is 12.9. The molecule has 0 saturated heterocycles. The minimum absolute atomic E-state index is 0.0258. The summed E-state index contributed by atoms with van der Waals surface area (Å²) in [6.07, 6.45) is -4.80. The van der Waals surface area contributed by atoms with E-state index < -0.39 is 30.1 Å². The highest BCUT2D eigenvalue weighted by atomic mass is 19.4. The molecule has 2 aromatic heterocycles. The Hall–Kier alpha value is -2.79. The van der Waals surface area contributed by atoms with Crippen LogP contribution >= 0.6 is 0 Å². The van der Waals surface area contributed by atoms with Crippen LogP contribution in [0.1, 0.15) is 21.7 Å². The van der Waals surface area contributed by atoms with Gasteiger partial charge in [0.1, 0.15) is 0 Å². The number of hydrogen-bond acceptors (Lipinski definition) is 4. The molecular formula is C13H12F5N5O2. The molecule has 0 fully saturated rings. The topological polar surface area (TPSA) is 92.7 Å². The fourth-order valence-electron chi connectivity index (χ4n) is 1.90. The highest BCUT2D eigenvalue weighted by molar-refractivity contribution is 5.95. The molecule has 2 N–H and O–H groups in total. The molecule has 25 heavy (non-hydrogen) atoms. The SMILES string of the molecule is Cc1cc(=O)[nH]c(-n2ncc(C(=O)NCC(F)(F)C(F)(F)F)c2C)n1. The number of carbonyl (C=O) groups excluding carboxylic acids is 1. The normalized spacial score (nSPS) is 12.3. The maximum absolute atomic E-state index is 12.9. The van der Waals surface area contributed by atoms with Gasteiger partial charge in [0.15, 0.2) is 0 Å². The lowest BCUT2D eigenvalue weighted by molar-refractivity contribution is -0.278. The Morgan fingerprint density at radius 1 is 1.28 bits per heavy atom. The number of hydrogen-bond donors (Lipinski definition) is 2. The Labute approximate surface area is 136 Å². The Morgan fingerprint density at radius 3 is 2.48 bits per heavy atom. The van der Waals surface area contributed by atoms with E-state index in [1.54, 1.807) is 6.92 Å². The summed E-state index contributed by atoms with van der Waals surface area (Å²) in [6, 6.07) is 1.22. The lowest BCUT2D eigenvalue weighted by Crippen LogP contribution is -2.46. The predicted molar refractivity (Wildman–Crippen MR) is 74.8 cm³/mol. The number of amides is 1. The second kappa shape index (κ2) is 6.26. The highest BCUT2D eigenvalue weighted by Gasteiger charge is 2.57. The van der Waals surface area contributed by atoms with Gasteiger partial charge in [0.2, 0.25) is 5.95 Å². The van der Waals surface area contributed by atoms with Crippen molar-refractivity contribution in [2.45, 2.75) is 25.9 Å². The van der Waals surface area contributed by atoms with Crippen molar-refractivity contribution in [3.63, 3.8) is 0 Å². The van der Waals surface area contributed by atoms with Gasteiger partial charge in [-0.1, -0.05) is 0 Å². The van der Waals surface area contributed by atoms with Crippen LogP contribution in [0.4, 0.5) is 22.0 Å². The van der Waals surface area contributed by atoms with E-state index in [2.05, 4.69) is 15.1 Å². The number of aromatic nitrogens is 4. The van der Waals surface area contributed by atoms with E-state index in [0.717, 1.165) is 10.9 Å². The van der Waals surface area contributed by atoms with Gasteiger partial charge in [0, 0.05) is 11.8 Å². The van der Waals surface area contributed by atoms with Crippen LogP contribution in [0.25, 0.3) is 5.95 Å². The number of nitrogens with one attached hydrogen (secondary N) is 2. The Morgan fingerprint density at radius 2 is 1.92 bits per heavy atom. The van der Waals surface area contributed by atoms with Crippen molar-refractivity contribution >= 4 is 5.91 Å². The van der Waals surface area contributed by atoms with Crippen LogP contribution in [-0.2, 0) is 0 Å². The van der Waals surface area contributed by atoms with Crippen molar-refractivity contribution in [1.29, 1.82) is 0 Å². The highest BCUT2D eigenvalue weighted by Crippen LogP contribution is 2.34. The summed E-state index contributed by atoms with van der Waals surface area (Å²) in [5.41, 5.74) is -0.249. The van der Waals surface area contributed by atoms with E-state index in [4.69, 9.17) is 0 Å². The number of carbonyl (C=O) groups is 1. The lowest BCUT2D eigenvalue weighted by Gasteiger charge is -2.19. The van der Waals surface area contributed by atoms with Crippen molar-refractivity contribution in [2.75, 3.05) is 6.54 Å². The Balaban J connectivity index is 2.23. The van der Waals surface area contributed by atoms with Gasteiger partial charge in [-0.05, 0) is 13.8 Å². The summed E-state index contributed by atoms with van der Waals surface area (Å²) >= 11 is 0. The average molecular weight is 365 g/mol. The molecule has 0 aliphatic carbocycles. The molecule has 0 unspecified atom stereocenters. The number of rotatable bonds is 4. The molecule has 2 rings (SSSR count). The first-order chi connectivity index (χ1) is 11.4. The molecule has 7 nitrogen and oxygen atoms in total. The van der Waals surface area contributed by atoms with Gasteiger partial charge in [-0.3, -0.25) is 14.6 Å². The van der Waals surface area contributed by atoms with Gasteiger partial charge in [0.25, 0.3) is 11.5 Å². The zero-order chi connectivity index (χ0) is 19.0. The molecule has 12 heteroatoms. The maximum atomic E-state index is 12.9. The average Bonchev–Trinajstić information content (AvgIpc) is 2.84. The molecule has 2 heterocycles. The second-order valence-electron chi connectivity index (χ2n) is 5.15. The predicted octanol–water partition coefficient (Wildman–Crippen LogP) is 1.50. The number of aryl methyl sites for hydroxylation is 1. The fourth-order valence-corrected chi connectivity index (χ4v) is 1.90. The summed E-state index contributed by atoms with van der Waals surface area (Å²) in [4.78, 5) is 29.7. The number of alkyl halides is 5. The van der Waals surface area contributed by atoms with Gasteiger partial charge in [0.05, 0.1) is 24.0 Å². The molecule has 136 valence electrons. The minimum Gasteiger partial charge on any atom is -0.345 e. The van der Waals surface area contributed by atoms with Crippen LogP contribution in [-0.4, -0.2) is 44.3 Å². The molecule has 0 spiro atoms. The first kappa shape index (κ1) is 18.5. The Bertz CT molecular complexity index is 855. The van der Waals surface area contributed by atoms with Crippen LogP contribution in [0, 0.1) is 13.8 Å². The van der Waals surface area contributed by atoms with E-state index in [1.807, 2.05) is 0 Å². The summed E-state index contributed by atoms with van der Waals surface area (Å²) in [5.74, 6) is -6.25. The molecule has 0 saturated carbocycles. The van der Waals surface area contributed by atoms with Crippen LogP contribution in [0.15, 0.2) is 17.1 Å². The van der Waals surface area contributed by atoms with Gasteiger partial charge in [-0.25, -0.2) is 9.67 Å². The fraction of sp³-hybridized carbons (Fsp3) is 0.385. The van der Waals surface area contributed by atoms with Crippen LogP contribution in [0.5, 0.6) is 0 Å². The summed E-state index contributed by atoms with van der Waals surface area (Å²) in [7, 11) is 0. The largest absolute Gasteiger partial charge is 0.455 e. The molecule has 0 aromatic carbocycles. The van der Waals surface area contributed by atoms with E-state index in [9.17, 15) is 31.5 Å². The molecule has 0 radical (unpaired) electrons. The number of aromatic amines is 1. The first-order valence-electron chi connectivity index (χ1n) is 6.78. The third-order valence-electron chi connectivity index (χ3n) is 3.20. The minimum atomic E-state index is -5.77. The van der Waals surface area contributed by atoms with Crippen LogP contribution in [0.3, 0.4) is 0 Å². The van der Waals surface area contributed by atoms with Crippen molar-refractivity contribution in [3.8, 4) is 5.95 Å². The van der Waals surface area contributed by atoms with Crippen molar-refractivity contribution < 1.29 is 26.7 Å². The molecule has 0 aliphatic heterocycles. The van der Waals surface area contributed by atoms with E-state index in [0.29, 0.717) is 5.69 Å². The first-order valence-corrected chi connectivity index (χ1v) is 6.78. The van der Waals surface area contributed by atoms with Gasteiger partial charge < -0.3 is 5.32 Å². The molecular weight excluding hydrogens is 353 g/mol. The number of halogens is 5. The monoisotopic (exact) mass is 365 g/mol. The lowest BCUT2D eigenvalue weighted by atomic mass is 10.2. The quantitative estimate of drug-likeness (QED) is 0.803. The third-order valence-corrected chi connectivity index (χ3v) is 3.20. The van der Waals surface area contributed by atoms with Crippen LogP contribution in [0.2, 0.25) is 0 Å². The van der Waals surface area contributed by atoms with Gasteiger partial charge >= 0.3 is 12.1 Å². The standard InChI is InChI=1S/C13H12F5N5O2/c1-6-3-9(24)22-11(21-6)23-7(2)8(4-20-23)10(25)19-5-12(14,15)13(16,17)18/h3-4H,5H2,1-2H3,(H,19,25)(H,21,22,24).